The predicted octanol–water partition coefficient (Wildman–Crippen LogP) is 5.47. The Labute approximate surface area is 130 Å². The van der Waals surface area contributed by atoms with E-state index in [2.05, 4.69) is 49.4 Å². The zero-order valence-corrected chi connectivity index (χ0v) is 12.7. The molecule has 0 aliphatic heterocycles. The molecule has 3 aromatic rings. The molecule has 0 unspecified atom stereocenters. The highest BCUT2D eigenvalue weighted by Crippen LogP contribution is 2.30. The second kappa shape index (κ2) is 6.19. The second-order valence-electron chi connectivity index (χ2n) is 5.17. The predicted molar refractivity (Wildman–Crippen MR) is 89.0 cm³/mol. The van der Waals surface area contributed by atoms with Gasteiger partial charge in [-0.05, 0) is 29.3 Å². The van der Waals surface area contributed by atoms with Gasteiger partial charge in [0.15, 0.2) is 0 Å². The van der Waals surface area contributed by atoms with Gasteiger partial charge in [-0.1, -0.05) is 60.2 Å². The SMILES string of the molecule is Cc1ccc(COc2ccc3ccccc3c2CCl)cc1. The van der Waals surface area contributed by atoms with E-state index in [4.69, 9.17) is 16.3 Å². The van der Waals surface area contributed by atoms with Crippen LogP contribution in [0, 0.1) is 6.92 Å². The van der Waals surface area contributed by atoms with Crippen molar-refractivity contribution >= 4 is 22.4 Å². The first-order valence-corrected chi connectivity index (χ1v) is 7.56. The van der Waals surface area contributed by atoms with E-state index in [9.17, 15) is 0 Å². The number of aryl methyl sites for hydroxylation is 1. The topological polar surface area (TPSA) is 9.23 Å². The highest BCUT2D eigenvalue weighted by molar-refractivity contribution is 6.18. The lowest BCUT2D eigenvalue weighted by Crippen LogP contribution is -1.98. The zero-order chi connectivity index (χ0) is 14.7. The summed E-state index contributed by atoms with van der Waals surface area (Å²) in [6.07, 6.45) is 0. The van der Waals surface area contributed by atoms with Gasteiger partial charge in [0.25, 0.3) is 0 Å². The molecule has 3 rings (SSSR count). The van der Waals surface area contributed by atoms with Gasteiger partial charge in [0.2, 0.25) is 0 Å². The van der Waals surface area contributed by atoms with Gasteiger partial charge < -0.3 is 4.74 Å². The normalized spacial score (nSPS) is 10.8. The maximum absolute atomic E-state index is 6.13. The molecule has 0 aliphatic rings. The summed E-state index contributed by atoms with van der Waals surface area (Å²) in [5.41, 5.74) is 3.47. The molecule has 0 bridgehead atoms. The van der Waals surface area contributed by atoms with Gasteiger partial charge in [-0.25, -0.2) is 0 Å². The highest BCUT2D eigenvalue weighted by atomic mass is 35.5. The highest BCUT2D eigenvalue weighted by Gasteiger charge is 2.08. The number of hydrogen-bond acceptors (Lipinski definition) is 1. The number of benzene rings is 3. The fourth-order valence-corrected chi connectivity index (χ4v) is 2.71. The van der Waals surface area contributed by atoms with Crippen molar-refractivity contribution < 1.29 is 4.74 Å². The van der Waals surface area contributed by atoms with Crippen LogP contribution in [0.2, 0.25) is 0 Å². The van der Waals surface area contributed by atoms with Crippen molar-refractivity contribution in [2.24, 2.45) is 0 Å². The van der Waals surface area contributed by atoms with Crippen LogP contribution in [-0.4, -0.2) is 0 Å². The molecular weight excluding hydrogens is 280 g/mol. The molecule has 0 amide bonds. The summed E-state index contributed by atoms with van der Waals surface area (Å²) in [6.45, 7) is 2.64. The minimum Gasteiger partial charge on any atom is -0.489 e. The second-order valence-corrected chi connectivity index (χ2v) is 5.44. The van der Waals surface area contributed by atoms with E-state index in [1.807, 2.05) is 18.2 Å². The third kappa shape index (κ3) is 3.03. The summed E-state index contributed by atoms with van der Waals surface area (Å²) in [5.74, 6) is 1.31. The summed E-state index contributed by atoms with van der Waals surface area (Å²) < 4.78 is 5.98. The van der Waals surface area contributed by atoms with E-state index in [0.29, 0.717) is 12.5 Å². The van der Waals surface area contributed by atoms with E-state index in [0.717, 1.165) is 22.3 Å². The van der Waals surface area contributed by atoms with Gasteiger partial charge in [0.05, 0.1) is 5.88 Å². The number of alkyl halides is 1. The minimum atomic E-state index is 0.449. The Morgan fingerprint density at radius 2 is 1.67 bits per heavy atom. The van der Waals surface area contributed by atoms with Crippen molar-refractivity contribution in [1.82, 2.24) is 0 Å². The maximum atomic E-state index is 6.13. The third-order valence-electron chi connectivity index (χ3n) is 3.65. The lowest BCUT2D eigenvalue weighted by molar-refractivity contribution is 0.304. The van der Waals surface area contributed by atoms with Crippen LogP contribution in [0.25, 0.3) is 10.8 Å². The monoisotopic (exact) mass is 296 g/mol. The molecule has 2 heteroatoms. The van der Waals surface area contributed by atoms with Crippen molar-refractivity contribution in [2.45, 2.75) is 19.4 Å². The largest absolute Gasteiger partial charge is 0.489 e. The molecular formula is C19H17ClO. The Balaban J connectivity index is 1.88. The van der Waals surface area contributed by atoms with Gasteiger partial charge >= 0.3 is 0 Å². The summed E-state index contributed by atoms with van der Waals surface area (Å²) >= 11 is 6.13. The zero-order valence-electron chi connectivity index (χ0n) is 12.0. The van der Waals surface area contributed by atoms with Crippen LogP contribution in [0.3, 0.4) is 0 Å². The molecule has 0 heterocycles. The lowest BCUT2D eigenvalue weighted by atomic mass is 10.0. The first-order valence-electron chi connectivity index (χ1n) is 7.03. The maximum Gasteiger partial charge on any atom is 0.124 e. The molecule has 0 saturated heterocycles. The number of halogens is 1. The van der Waals surface area contributed by atoms with Gasteiger partial charge in [0, 0.05) is 5.56 Å². The smallest absolute Gasteiger partial charge is 0.124 e. The minimum absolute atomic E-state index is 0.449. The van der Waals surface area contributed by atoms with Crippen molar-refractivity contribution in [3.8, 4) is 5.75 Å². The van der Waals surface area contributed by atoms with Crippen molar-refractivity contribution in [3.63, 3.8) is 0 Å². The molecule has 0 N–H and O–H groups in total. The Hall–Kier alpha value is -1.99. The molecule has 21 heavy (non-hydrogen) atoms. The number of rotatable bonds is 4. The van der Waals surface area contributed by atoms with Crippen LogP contribution < -0.4 is 4.74 Å². The van der Waals surface area contributed by atoms with Gasteiger partial charge in [-0.2, -0.15) is 0 Å². The molecule has 0 aliphatic carbocycles. The molecule has 0 atom stereocenters. The van der Waals surface area contributed by atoms with Crippen LogP contribution in [-0.2, 0) is 12.5 Å². The van der Waals surface area contributed by atoms with Gasteiger partial charge in [-0.15, -0.1) is 11.6 Å². The molecule has 0 aromatic heterocycles. The van der Waals surface area contributed by atoms with Gasteiger partial charge in [-0.3, -0.25) is 0 Å². The summed E-state index contributed by atoms with van der Waals surface area (Å²) in [5, 5.41) is 2.35. The Bertz CT molecular complexity index is 747. The van der Waals surface area contributed by atoms with E-state index in [1.54, 1.807) is 0 Å². The first kappa shape index (κ1) is 14.0. The molecule has 0 saturated carbocycles. The van der Waals surface area contributed by atoms with E-state index in [1.165, 1.54) is 10.9 Å². The molecule has 1 nitrogen and oxygen atoms in total. The fourth-order valence-electron chi connectivity index (χ4n) is 2.43. The van der Waals surface area contributed by atoms with E-state index in [-0.39, 0.29) is 0 Å². The standard InChI is InChI=1S/C19H17ClO/c1-14-6-8-15(9-7-14)13-21-19-11-10-16-4-2-3-5-17(16)18(19)12-20/h2-11H,12-13H2,1H3. The molecule has 0 fully saturated rings. The van der Waals surface area contributed by atoms with E-state index < -0.39 is 0 Å². The van der Waals surface area contributed by atoms with E-state index >= 15 is 0 Å². The Morgan fingerprint density at radius 3 is 2.43 bits per heavy atom. The fraction of sp³-hybridized carbons (Fsp3) is 0.158. The van der Waals surface area contributed by atoms with Crippen LogP contribution in [0.1, 0.15) is 16.7 Å². The van der Waals surface area contributed by atoms with Crippen LogP contribution in [0.5, 0.6) is 5.75 Å². The Kier molecular flexibility index (Phi) is 4.12. The number of hydrogen-bond donors (Lipinski definition) is 0. The summed E-state index contributed by atoms with van der Waals surface area (Å²) in [4.78, 5) is 0. The lowest BCUT2D eigenvalue weighted by Gasteiger charge is -2.13. The first-order chi connectivity index (χ1) is 10.3. The van der Waals surface area contributed by atoms with Crippen molar-refractivity contribution in [3.05, 3.63) is 77.4 Å². The summed E-state index contributed by atoms with van der Waals surface area (Å²) in [6, 6.07) is 20.7. The average Bonchev–Trinajstić information content (AvgIpc) is 2.53. The van der Waals surface area contributed by atoms with Crippen LogP contribution in [0.15, 0.2) is 60.7 Å². The summed E-state index contributed by atoms with van der Waals surface area (Å²) in [7, 11) is 0. The van der Waals surface area contributed by atoms with Crippen molar-refractivity contribution in [2.75, 3.05) is 0 Å². The van der Waals surface area contributed by atoms with Gasteiger partial charge in [0.1, 0.15) is 12.4 Å². The number of ether oxygens (including phenoxy) is 1. The van der Waals surface area contributed by atoms with Crippen LogP contribution in [0.4, 0.5) is 0 Å². The molecule has 0 spiro atoms. The molecule has 0 radical (unpaired) electrons. The third-order valence-corrected chi connectivity index (χ3v) is 3.91. The molecule has 106 valence electrons. The van der Waals surface area contributed by atoms with Crippen LogP contribution >= 0.6 is 11.6 Å². The Morgan fingerprint density at radius 1 is 0.905 bits per heavy atom. The average molecular weight is 297 g/mol. The van der Waals surface area contributed by atoms with Crippen molar-refractivity contribution in [1.29, 1.82) is 0 Å². The molecule has 3 aromatic carbocycles. The quantitative estimate of drug-likeness (QED) is 0.580. The number of fused-ring (bicyclic) bond motifs is 1.